The van der Waals surface area contributed by atoms with Gasteiger partial charge in [0.2, 0.25) is 0 Å². The molecule has 5 heteroatoms. The van der Waals surface area contributed by atoms with Crippen LogP contribution < -0.4 is 11.1 Å². The molecule has 0 spiro atoms. The second kappa shape index (κ2) is 5.85. The quantitative estimate of drug-likeness (QED) is 0.629. The molecule has 0 bridgehead atoms. The van der Waals surface area contributed by atoms with Gasteiger partial charge in [-0.3, -0.25) is 5.10 Å². The fraction of sp³-hybridized carbons (Fsp3) is 0.188. The third kappa shape index (κ3) is 2.83. The van der Waals surface area contributed by atoms with Gasteiger partial charge in [-0.25, -0.2) is 0 Å². The molecule has 21 heavy (non-hydrogen) atoms. The van der Waals surface area contributed by atoms with Crippen molar-refractivity contribution in [1.29, 1.82) is 0 Å². The van der Waals surface area contributed by atoms with Crippen LogP contribution in [-0.2, 0) is 11.2 Å². The van der Waals surface area contributed by atoms with Crippen molar-refractivity contribution in [3.05, 3.63) is 48.2 Å². The number of aromatic amines is 1. The maximum atomic E-state index is 6.12. The summed E-state index contributed by atoms with van der Waals surface area (Å²) >= 11 is 0. The highest BCUT2D eigenvalue weighted by atomic mass is 16.5. The second-order valence-corrected chi connectivity index (χ2v) is 4.92. The van der Waals surface area contributed by atoms with Gasteiger partial charge in [0.1, 0.15) is 0 Å². The van der Waals surface area contributed by atoms with Crippen molar-refractivity contribution in [1.82, 2.24) is 10.2 Å². The summed E-state index contributed by atoms with van der Waals surface area (Å²) < 4.78 is 5.16. The number of ether oxygens (including phenoxy) is 1. The molecule has 4 N–H and O–H groups in total. The number of nitrogen functional groups attached to an aromatic ring is 1. The fourth-order valence-corrected chi connectivity index (χ4v) is 2.33. The SMILES string of the molecule is COCCc1ccccc1Nc1cc2[nH]ncc2cc1N. The number of nitrogens with one attached hydrogen (secondary N) is 2. The Labute approximate surface area is 123 Å². The average molecular weight is 282 g/mol. The van der Waals surface area contributed by atoms with E-state index < -0.39 is 0 Å². The van der Waals surface area contributed by atoms with Crippen LogP contribution in [0.4, 0.5) is 17.1 Å². The van der Waals surface area contributed by atoms with Gasteiger partial charge < -0.3 is 15.8 Å². The van der Waals surface area contributed by atoms with Gasteiger partial charge in [0.15, 0.2) is 0 Å². The maximum Gasteiger partial charge on any atom is 0.0672 e. The minimum Gasteiger partial charge on any atom is -0.397 e. The molecule has 0 aliphatic rings. The number of nitrogens with two attached hydrogens (primary N) is 1. The summed E-state index contributed by atoms with van der Waals surface area (Å²) in [6.45, 7) is 0.688. The predicted octanol–water partition coefficient (Wildman–Crippen LogP) is 3.08. The predicted molar refractivity (Wildman–Crippen MR) is 85.8 cm³/mol. The summed E-state index contributed by atoms with van der Waals surface area (Å²) in [6, 6.07) is 12.1. The summed E-state index contributed by atoms with van der Waals surface area (Å²) in [5, 5.41) is 11.4. The number of benzene rings is 2. The largest absolute Gasteiger partial charge is 0.397 e. The Balaban J connectivity index is 1.92. The van der Waals surface area contributed by atoms with E-state index in [0.717, 1.165) is 28.7 Å². The first-order chi connectivity index (χ1) is 10.3. The number of anilines is 3. The Bertz CT molecular complexity index is 751. The maximum absolute atomic E-state index is 6.12. The van der Waals surface area contributed by atoms with Crippen LogP contribution in [0.1, 0.15) is 5.56 Å². The van der Waals surface area contributed by atoms with Gasteiger partial charge in [0, 0.05) is 18.2 Å². The van der Waals surface area contributed by atoms with Crippen LogP contribution in [0, 0.1) is 0 Å². The molecule has 0 radical (unpaired) electrons. The van der Waals surface area contributed by atoms with Gasteiger partial charge in [0.05, 0.1) is 29.7 Å². The van der Waals surface area contributed by atoms with E-state index in [0.29, 0.717) is 12.3 Å². The van der Waals surface area contributed by atoms with Gasteiger partial charge >= 0.3 is 0 Å². The van der Waals surface area contributed by atoms with E-state index in [1.165, 1.54) is 5.56 Å². The van der Waals surface area contributed by atoms with E-state index in [1.54, 1.807) is 13.3 Å². The Kier molecular flexibility index (Phi) is 3.75. The molecule has 1 aromatic heterocycles. The average Bonchev–Trinajstić information content (AvgIpc) is 2.94. The summed E-state index contributed by atoms with van der Waals surface area (Å²) in [7, 11) is 1.71. The molecule has 0 unspecified atom stereocenters. The monoisotopic (exact) mass is 282 g/mol. The highest BCUT2D eigenvalue weighted by Crippen LogP contribution is 2.29. The summed E-state index contributed by atoms with van der Waals surface area (Å²) in [5.41, 5.74) is 10.9. The summed E-state index contributed by atoms with van der Waals surface area (Å²) in [6.07, 6.45) is 2.62. The van der Waals surface area contributed by atoms with E-state index in [2.05, 4.69) is 21.6 Å². The van der Waals surface area contributed by atoms with E-state index in [-0.39, 0.29) is 0 Å². The van der Waals surface area contributed by atoms with Gasteiger partial charge in [-0.05, 0) is 30.2 Å². The molecule has 3 rings (SSSR count). The lowest BCUT2D eigenvalue weighted by Crippen LogP contribution is -2.02. The Morgan fingerprint density at radius 3 is 2.95 bits per heavy atom. The molecule has 1 heterocycles. The van der Waals surface area contributed by atoms with Crippen LogP contribution in [0.25, 0.3) is 10.9 Å². The van der Waals surface area contributed by atoms with Crippen LogP contribution >= 0.6 is 0 Å². The highest BCUT2D eigenvalue weighted by Gasteiger charge is 2.07. The number of rotatable bonds is 5. The number of hydrogen-bond acceptors (Lipinski definition) is 4. The van der Waals surface area contributed by atoms with Crippen molar-refractivity contribution in [2.24, 2.45) is 0 Å². The van der Waals surface area contributed by atoms with Gasteiger partial charge in [-0.1, -0.05) is 18.2 Å². The van der Waals surface area contributed by atoms with Crippen molar-refractivity contribution in [2.45, 2.75) is 6.42 Å². The number of hydrogen-bond donors (Lipinski definition) is 3. The lowest BCUT2D eigenvalue weighted by atomic mass is 10.1. The number of methoxy groups -OCH3 is 1. The zero-order valence-corrected chi connectivity index (χ0v) is 11.9. The molecule has 108 valence electrons. The van der Waals surface area contributed by atoms with Crippen LogP contribution in [0.5, 0.6) is 0 Å². The third-order valence-corrected chi connectivity index (χ3v) is 3.47. The van der Waals surface area contributed by atoms with Gasteiger partial charge in [0.25, 0.3) is 0 Å². The molecule has 0 saturated carbocycles. The van der Waals surface area contributed by atoms with Crippen LogP contribution in [-0.4, -0.2) is 23.9 Å². The summed E-state index contributed by atoms with van der Waals surface area (Å²) in [5.74, 6) is 0. The first-order valence-electron chi connectivity index (χ1n) is 6.84. The molecular weight excluding hydrogens is 264 g/mol. The lowest BCUT2D eigenvalue weighted by Gasteiger charge is -2.13. The Morgan fingerprint density at radius 2 is 2.10 bits per heavy atom. The molecule has 0 aliphatic carbocycles. The Morgan fingerprint density at radius 1 is 1.24 bits per heavy atom. The van der Waals surface area contributed by atoms with Crippen LogP contribution in [0.3, 0.4) is 0 Å². The molecule has 2 aromatic carbocycles. The molecular formula is C16H18N4O. The normalized spacial score (nSPS) is 10.9. The van der Waals surface area contributed by atoms with E-state index in [4.69, 9.17) is 10.5 Å². The minimum atomic E-state index is 0.688. The minimum absolute atomic E-state index is 0.688. The fourth-order valence-electron chi connectivity index (χ4n) is 2.33. The topological polar surface area (TPSA) is 76.0 Å². The number of H-pyrrole nitrogens is 1. The molecule has 0 saturated heterocycles. The standard InChI is InChI=1S/C16H18N4O/c1-21-7-6-11-4-2-3-5-14(11)19-16-9-15-12(8-13(16)17)10-18-20-15/h2-5,8-10,19H,6-7,17H2,1H3,(H,18,20). The van der Waals surface area contributed by atoms with E-state index in [9.17, 15) is 0 Å². The molecule has 0 amide bonds. The number of para-hydroxylation sites is 1. The van der Waals surface area contributed by atoms with E-state index in [1.807, 2.05) is 30.3 Å². The third-order valence-electron chi connectivity index (χ3n) is 3.47. The lowest BCUT2D eigenvalue weighted by molar-refractivity contribution is 0.202. The van der Waals surface area contributed by atoms with E-state index >= 15 is 0 Å². The molecule has 5 nitrogen and oxygen atoms in total. The van der Waals surface area contributed by atoms with Gasteiger partial charge in [-0.2, -0.15) is 5.10 Å². The zero-order chi connectivity index (χ0) is 14.7. The zero-order valence-electron chi connectivity index (χ0n) is 11.9. The molecule has 0 aliphatic heterocycles. The van der Waals surface area contributed by atoms with Crippen molar-refractivity contribution < 1.29 is 4.74 Å². The smallest absolute Gasteiger partial charge is 0.0672 e. The number of aromatic nitrogens is 2. The Hall–Kier alpha value is -2.53. The number of fused-ring (bicyclic) bond motifs is 1. The first-order valence-corrected chi connectivity index (χ1v) is 6.84. The molecule has 0 atom stereocenters. The molecule has 0 fully saturated rings. The van der Waals surface area contributed by atoms with Crippen molar-refractivity contribution >= 4 is 28.0 Å². The number of nitrogens with zero attached hydrogens (tertiary/aromatic N) is 1. The highest BCUT2D eigenvalue weighted by molar-refractivity contribution is 5.90. The molecule has 3 aromatic rings. The first kappa shape index (κ1) is 13.5. The van der Waals surface area contributed by atoms with Crippen LogP contribution in [0.2, 0.25) is 0 Å². The van der Waals surface area contributed by atoms with Crippen LogP contribution in [0.15, 0.2) is 42.6 Å². The summed E-state index contributed by atoms with van der Waals surface area (Å²) in [4.78, 5) is 0. The van der Waals surface area contributed by atoms with Crippen molar-refractivity contribution in [2.75, 3.05) is 24.8 Å². The second-order valence-electron chi connectivity index (χ2n) is 4.92. The van der Waals surface area contributed by atoms with Gasteiger partial charge in [-0.15, -0.1) is 0 Å². The van der Waals surface area contributed by atoms with Crippen molar-refractivity contribution in [3.8, 4) is 0 Å². The van der Waals surface area contributed by atoms with Crippen molar-refractivity contribution in [3.63, 3.8) is 0 Å².